The fraction of sp³-hybridized carbons (Fsp3) is 0.750. The van der Waals surface area contributed by atoms with Gasteiger partial charge in [0, 0.05) is 17.8 Å². The van der Waals surface area contributed by atoms with E-state index in [4.69, 9.17) is 6.42 Å². The van der Waals surface area contributed by atoms with E-state index in [2.05, 4.69) is 12.8 Å². The lowest BCUT2D eigenvalue weighted by Gasteiger charge is -2.28. The first-order chi connectivity index (χ1) is 5.05. The third-order valence-corrected chi connectivity index (χ3v) is 6.87. The molecule has 3 heteroatoms. The first kappa shape index (κ1) is 9.23. The monoisotopic (exact) mass is 188 g/mol. The molecule has 3 atom stereocenters. The summed E-state index contributed by atoms with van der Waals surface area (Å²) in [6.45, 7) is 3.96. The summed E-state index contributed by atoms with van der Waals surface area (Å²) in [5.41, 5.74) is 0. The lowest BCUT2D eigenvalue weighted by Crippen LogP contribution is -2.20. The average molecular weight is 188 g/mol. The Morgan fingerprint density at radius 3 is 2.82 bits per heavy atom. The van der Waals surface area contributed by atoms with Crippen molar-refractivity contribution in [3.8, 4) is 12.3 Å². The molecular formula is C8H13OPS. The van der Waals surface area contributed by atoms with E-state index in [1.807, 2.05) is 6.66 Å². The van der Waals surface area contributed by atoms with Gasteiger partial charge >= 0.3 is 0 Å². The van der Waals surface area contributed by atoms with Crippen LogP contribution in [0.3, 0.4) is 0 Å². The van der Waals surface area contributed by atoms with Gasteiger partial charge in [-0.15, -0.1) is 12.3 Å². The molecule has 3 unspecified atom stereocenters. The number of terminal acetylenes is 1. The van der Waals surface area contributed by atoms with Crippen LogP contribution in [0.5, 0.6) is 0 Å². The predicted octanol–water partition coefficient (Wildman–Crippen LogP) is 2.53. The minimum absolute atomic E-state index is 0.335. The molecule has 0 radical (unpaired) electrons. The number of hydrogen-bond acceptors (Lipinski definition) is 2. The third-order valence-electron chi connectivity index (χ3n) is 2.05. The summed E-state index contributed by atoms with van der Waals surface area (Å²) < 4.78 is 11.6. The van der Waals surface area contributed by atoms with E-state index in [9.17, 15) is 4.57 Å². The number of hydrogen-bond donors (Lipinski definition) is 0. The first-order valence-corrected chi connectivity index (χ1v) is 7.65. The molecule has 0 aromatic rings. The molecule has 1 saturated heterocycles. The Morgan fingerprint density at radius 1 is 1.73 bits per heavy atom. The van der Waals surface area contributed by atoms with Gasteiger partial charge in [-0.05, 0) is 12.6 Å². The molecule has 0 aromatic heterocycles. The molecule has 1 fully saturated rings. The largest absolute Gasteiger partial charge is 0.312 e. The van der Waals surface area contributed by atoms with E-state index in [0.717, 1.165) is 11.9 Å². The Labute approximate surface area is 72.4 Å². The Kier molecular flexibility index (Phi) is 2.73. The summed E-state index contributed by atoms with van der Waals surface area (Å²) in [4.78, 5) is 0. The number of rotatable bonds is 0. The van der Waals surface area contributed by atoms with Crippen molar-refractivity contribution in [3.63, 3.8) is 0 Å². The van der Waals surface area contributed by atoms with Crippen LogP contribution in [0.25, 0.3) is 0 Å². The lowest BCUT2D eigenvalue weighted by atomic mass is 9.99. The zero-order valence-corrected chi connectivity index (χ0v) is 8.62. The van der Waals surface area contributed by atoms with Crippen molar-refractivity contribution in [3.05, 3.63) is 0 Å². The highest BCUT2D eigenvalue weighted by atomic mass is 32.7. The van der Waals surface area contributed by atoms with E-state index in [1.54, 1.807) is 11.4 Å². The molecule has 0 saturated carbocycles. The molecule has 0 N–H and O–H groups in total. The van der Waals surface area contributed by atoms with Crippen LogP contribution in [0.2, 0.25) is 0 Å². The van der Waals surface area contributed by atoms with Gasteiger partial charge in [0.25, 0.3) is 0 Å². The Hall–Kier alpha value is 0.140. The lowest BCUT2D eigenvalue weighted by molar-refractivity contribution is 0.511. The Bertz CT molecular complexity index is 231. The van der Waals surface area contributed by atoms with Gasteiger partial charge in [0.2, 0.25) is 0 Å². The van der Waals surface area contributed by atoms with Crippen LogP contribution in [0.4, 0.5) is 0 Å². The van der Waals surface area contributed by atoms with Gasteiger partial charge in [-0.2, -0.15) is 0 Å². The van der Waals surface area contributed by atoms with Gasteiger partial charge in [-0.3, -0.25) is 0 Å². The van der Waals surface area contributed by atoms with E-state index in [1.165, 1.54) is 0 Å². The summed E-state index contributed by atoms with van der Waals surface area (Å²) in [5.74, 6) is 4.41. The summed E-state index contributed by atoms with van der Waals surface area (Å²) in [6, 6.07) is 0. The molecule has 1 rings (SSSR count). The summed E-state index contributed by atoms with van der Waals surface area (Å²) in [7, 11) is 0. The van der Waals surface area contributed by atoms with E-state index in [0.29, 0.717) is 11.8 Å². The van der Waals surface area contributed by atoms with Gasteiger partial charge in [0.05, 0.1) is 0 Å². The maximum atomic E-state index is 11.6. The van der Waals surface area contributed by atoms with Crippen molar-refractivity contribution in [1.29, 1.82) is 0 Å². The van der Waals surface area contributed by atoms with Gasteiger partial charge in [-0.25, -0.2) is 0 Å². The molecule has 62 valence electrons. The van der Waals surface area contributed by atoms with Crippen molar-refractivity contribution < 1.29 is 4.57 Å². The summed E-state index contributed by atoms with van der Waals surface area (Å²) in [6.07, 6.45) is 4.27. The van der Waals surface area contributed by atoms with Crippen LogP contribution in [0.1, 0.15) is 6.92 Å². The van der Waals surface area contributed by atoms with Crippen LogP contribution in [0.15, 0.2) is 0 Å². The minimum atomic E-state index is -1.87. The van der Waals surface area contributed by atoms with E-state index in [-0.39, 0.29) is 0 Å². The van der Waals surface area contributed by atoms with Crippen molar-refractivity contribution >= 4 is 17.7 Å². The molecule has 1 aliphatic rings. The van der Waals surface area contributed by atoms with E-state index >= 15 is 0 Å². The van der Waals surface area contributed by atoms with Crippen molar-refractivity contribution in [2.45, 2.75) is 6.92 Å². The molecule has 0 aliphatic carbocycles. The zero-order chi connectivity index (χ0) is 8.48. The zero-order valence-electron chi connectivity index (χ0n) is 6.91. The summed E-state index contributed by atoms with van der Waals surface area (Å²) >= 11 is 1.57. The van der Waals surface area contributed by atoms with Crippen molar-refractivity contribution in [2.75, 3.05) is 18.6 Å². The average Bonchev–Trinajstić information content (AvgIpc) is 1.86. The third kappa shape index (κ3) is 2.29. The second-order valence-corrected chi connectivity index (χ2v) is 9.32. The molecule has 11 heavy (non-hydrogen) atoms. The van der Waals surface area contributed by atoms with Crippen LogP contribution < -0.4 is 0 Å². The van der Waals surface area contributed by atoms with Gasteiger partial charge in [0.1, 0.15) is 6.34 Å². The van der Waals surface area contributed by atoms with Crippen LogP contribution >= 0.6 is 17.7 Å². The highest BCUT2D eigenvalue weighted by Gasteiger charge is 2.30. The molecule has 1 heterocycles. The Morgan fingerprint density at radius 2 is 2.36 bits per heavy atom. The molecule has 0 amide bonds. The smallest absolute Gasteiger partial charge is 0.136 e. The fourth-order valence-corrected chi connectivity index (χ4v) is 6.07. The van der Waals surface area contributed by atoms with Gasteiger partial charge < -0.3 is 4.57 Å². The van der Waals surface area contributed by atoms with Gasteiger partial charge in [-0.1, -0.05) is 18.3 Å². The fourth-order valence-electron chi connectivity index (χ4n) is 1.32. The maximum Gasteiger partial charge on any atom is 0.136 e. The second kappa shape index (κ2) is 3.25. The molecule has 1 aliphatic heterocycles. The topological polar surface area (TPSA) is 17.1 Å². The quantitative estimate of drug-likeness (QED) is 0.429. The van der Waals surface area contributed by atoms with Crippen LogP contribution in [0, 0.1) is 24.2 Å². The Balaban J connectivity index is 2.64. The molecule has 0 aromatic carbocycles. The predicted molar refractivity (Wildman–Crippen MR) is 52.3 cm³/mol. The molecular weight excluding hydrogens is 175 g/mol. The molecule has 0 bridgehead atoms. The highest BCUT2D eigenvalue weighted by Crippen LogP contribution is 2.60. The SMILES string of the molecule is C#CC1CSP(C)(=O)CC1C. The molecule has 0 spiro atoms. The van der Waals surface area contributed by atoms with Crippen LogP contribution in [-0.4, -0.2) is 18.6 Å². The van der Waals surface area contributed by atoms with Crippen molar-refractivity contribution in [1.82, 2.24) is 0 Å². The standard InChI is InChI=1S/C8H13OPS/c1-4-8-6-11-10(3,9)5-7(8)2/h1,7-8H,5-6H2,2-3H3. The van der Waals surface area contributed by atoms with E-state index < -0.39 is 6.34 Å². The van der Waals surface area contributed by atoms with Gasteiger partial charge in [0.15, 0.2) is 0 Å². The normalized spacial score (nSPS) is 44.8. The second-order valence-electron chi connectivity index (χ2n) is 3.24. The highest BCUT2D eigenvalue weighted by molar-refractivity contribution is 8.58. The molecule has 1 nitrogen and oxygen atoms in total. The summed E-state index contributed by atoms with van der Waals surface area (Å²) in [5, 5.41) is 0. The maximum absolute atomic E-state index is 11.6. The van der Waals surface area contributed by atoms with Crippen LogP contribution in [-0.2, 0) is 4.57 Å². The minimum Gasteiger partial charge on any atom is -0.312 e. The van der Waals surface area contributed by atoms with Crippen molar-refractivity contribution in [2.24, 2.45) is 11.8 Å². The first-order valence-electron chi connectivity index (χ1n) is 3.72.